The van der Waals surface area contributed by atoms with Crippen molar-refractivity contribution in [1.82, 2.24) is 0 Å². The quantitative estimate of drug-likeness (QED) is 0.140. The Morgan fingerprint density at radius 3 is 2.04 bits per heavy atom. The number of ether oxygens (including phenoxy) is 2. The van der Waals surface area contributed by atoms with Crippen LogP contribution < -0.4 is 19.3 Å². The summed E-state index contributed by atoms with van der Waals surface area (Å²) < 4.78 is 11.2. The number of phenolic OH excluding ortho intramolecular Hbond substituents is 1. The number of imide groups is 2. The third-order valence-electron chi connectivity index (χ3n) is 11.6. The van der Waals surface area contributed by atoms with Crippen LogP contribution in [0.1, 0.15) is 47.2 Å². The lowest BCUT2D eigenvalue weighted by atomic mass is 9.51. The molecule has 4 aromatic rings. The van der Waals surface area contributed by atoms with Gasteiger partial charge >= 0.3 is 0 Å². The lowest BCUT2D eigenvalue weighted by Crippen LogP contribution is -2.49. The first-order valence-corrected chi connectivity index (χ1v) is 17.3. The minimum Gasteiger partial charge on any atom is -0.507 e. The van der Waals surface area contributed by atoms with Crippen LogP contribution in [0.5, 0.6) is 17.2 Å². The summed E-state index contributed by atoms with van der Waals surface area (Å²) in [5.74, 6) is -5.18. The van der Waals surface area contributed by atoms with Gasteiger partial charge in [0, 0.05) is 34.7 Å². The van der Waals surface area contributed by atoms with Crippen LogP contribution in [0.15, 0.2) is 109 Å². The summed E-state index contributed by atoms with van der Waals surface area (Å²) in [6.45, 7) is 1.75. The summed E-state index contributed by atoms with van der Waals surface area (Å²) in [5, 5.41) is 11.6. The Labute approximate surface area is 300 Å². The second-order valence-corrected chi connectivity index (χ2v) is 14.0. The molecule has 10 heteroatoms. The van der Waals surface area contributed by atoms with Gasteiger partial charge in [-0.2, -0.15) is 0 Å². The van der Waals surface area contributed by atoms with Gasteiger partial charge < -0.3 is 14.6 Å². The van der Waals surface area contributed by atoms with Crippen LogP contribution in [0, 0.1) is 29.1 Å². The first kappa shape index (κ1) is 33.1. The monoisotopic (exact) mass is 696 g/mol. The number of hydrogen-bond donors (Lipinski definition) is 1. The number of aromatic hydroxyl groups is 1. The maximum Gasteiger partial charge on any atom is 0.241 e. The van der Waals surface area contributed by atoms with Gasteiger partial charge in [-0.1, -0.05) is 60.2 Å². The number of ketones is 1. The molecular weight excluding hydrogens is 660 g/mol. The van der Waals surface area contributed by atoms with Crippen molar-refractivity contribution in [3.05, 3.63) is 125 Å². The van der Waals surface area contributed by atoms with Crippen LogP contribution in [0.4, 0.5) is 11.4 Å². The van der Waals surface area contributed by atoms with Crippen LogP contribution in [-0.2, 0) is 19.2 Å². The van der Waals surface area contributed by atoms with E-state index in [2.05, 4.69) is 0 Å². The van der Waals surface area contributed by atoms with Crippen LogP contribution >= 0.6 is 0 Å². The Morgan fingerprint density at radius 2 is 1.38 bits per heavy atom. The predicted molar refractivity (Wildman–Crippen MR) is 191 cm³/mol. The number of benzene rings is 4. The number of anilines is 2. The smallest absolute Gasteiger partial charge is 0.241 e. The van der Waals surface area contributed by atoms with Gasteiger partial charge in [-0.3, -0.25) is 28.9 Å². The van der Waals surface area contributed by atoms with Gasteiger partial charge in [-0.25, -0.2) is 4.90 Å². The molecule has 52 heavy (non-hydrogen) atoms. The molecule has 10 nitrogen and oxygen atoms in total. The summed E-state index contributed by atoms with van der Waals surface area (Å²) in [6.07, 6.45) is 2.30. The molecule has 1 N–H and O–H groups in total. The Kier molecular flexibility index (Phi) is 7.86. The molecule has 0 spiro atoms. The summed E-state index contributed by atoms with van der Waals surface area (Å²) in [6, 6.07) is 27.1. The molecule has 0 bridgehead atoms. The second kappa shape index (κ2) is 12.3. The van der Waals surface area contributed by atoms with Crippen molar-refractivity contribution < 1.29 is 38.6 Å². The fraction of sp³-hybridized carbons (Fsp3) is 0.262. The van der Waals surface area contributed by atoms with E-state index in [4.69, 9.17) is 9.47 Å². The number of fused-ring (bicyclic) bond motifs is 4. The van der Waals surface area contributed by atoms with E-state index in [1.165, 1.54) is 30.1 Å². The van der Waals surface area contributed by atoms with Crippen molar-refractivity contribution in [2.24, 2.45) is 29.1 Å². The van der Waals surface area contributed by atoms with Crippen molar-refractivity contribution in [2.75, 3.05) is 24.0 Å². The highest BCUT2D eigenvalue weighted by Crippen LogP contribution is 2.65. The summed E-state index contributed by atoms with van der Waals surface area (Å²) >= 11 is 0. The van der Waals surface area contributed by atoms with E-state index in [1.807, 2.05) is 12.1 Å². The number of hydrogen-bond acceptors (Lipinski definition) is 8. The summed E-state index contributed by atoms with van der Waals surface area (Å²) in [7, 11) is 2.92. The molecule has 6 atom stereocenters. The SMILES string of the molecule is COc1cc(O)c(C2C3=CCC4C(=O)N(c5ccc(C(=O)c6ccccc6)cc5)C(=O)C4C3CC3C(=O)N(c4ccccc4)C(=O)C32C)c(OC)c1. The van der Waals surface area contributed by atoms with Gasteiger partial charge in [0.1, 0.15) is 17.2 Å². The van der Waals surface area contributed by atoms with E-state index in [9.17, 15) is 29.1 Å². The fourth-order valence-electron chi connectivity index (χ4n) is 9.08. The van der Waals surface area contributed by atoms with Gasteiger partial charge in [0.25, 0.3) is 0 Å². The first-order valence-electron chi connectivity index (χ1n) is 17.3. The minimum absolute atomic E-state index is 0.157. The van der Waals surface area contributed by atoms with Crippen LogP contribution in [0.3, 0.4) is 0 Å². The largest absolute Gasteiger partial charge is 0.507 e. The second-order valence-electron chi connectivity index (χ2n) is 14.0. The van der Waals surface area contributed by atoms with Crippen LogP contribution in [-0.4, -0.2) is 48.7 Å². The van der Waals surface area contributed by atoms with E-state index in [1.54, 1.807) is 91.9 Å². The van der Waals surface area contributed by atoms with Gasteiger partial charge in [0.15, 0.2) is 5.78 Å². The van der Waals surface area contributed by atoms with Gasteiger partial charge in [-0.05, 0) is 62.1 Å². The number of carbonyl (C=O) groups excluding carboxylic acids is 5. The molecule has 6 unspecified atom stereocenters. The van der Waals surface area contributed by atoms with Crippen LogP contribution in [0.2, 0.25) is 0 Å². The molecule has 1 saturated carbocycles. The molecule has 0 aromatic heterocycles. The zero-order chi connectivity index (χ0) is 36.5. The van der Waals surface area contributed by atoms with Gasteiger partial charge in [0.2, 0.25) is 23.6 Å². The number of allylic oxidation sites excluding steroid dienone is 2. The molecule has 4 aliphatic rings. The molecule has 2 aliphatic heterocycles. The van der Waals surface area contributed by atoms with E-state index in [-0.39, 0.29) is 36.0 Å². The fourth-order valence-corrected chi connectivity index (χ4v) is 9.08. The highest BCUT2D eigenvalue weighted by Gasteiger charge is 2.68. The molecule has 4 aromatic carbocycles. The van der Waals surface area contributed by atoms with Crippen molar-refractivity contribution in [2.45, 2.75) is 25.7 Å². The molecule has 2 saturated heterocycles. The highest BCUT2D eigenvalue weighted by molar-refractivity contribution is 6.25. The van der Waals surface area contributed by atoms with E-state index < -0.39 is 52.7 Å². The molecule has 3 fully saturated rings. The Bertz CT molecular complexity index is 2180. The standard InChI is InChI=1S/C42H36N2O8/c1-42-31(39(48)44(41(42)50)25-12-8-5-9-13-25)22-30-28(36(42)35-32(45)20-27(51-2)21-33(35)52-3)18-19-29-34(30)40(49)43(38(29)47)26-16-14-24(15-17-26)37(46)23-10-6-4-7-11-23/h4-18,20-21,29-31,34,36,45H,19,22H2,1-3H3. The molecular formula is C42H36N2O8. The van der Waals surface area contributed by atoms with E-state index >= 15 is 0 Å². The van der Waals surface area contributed by atoms with Crippen molar-refractivity contribution >= 4 is 40.8 Å². The van der Waals surface area contributed by atoms with Crippen molar-refractivity contribution in [3.8, 4) is 17.2 Å². The zero-order valence-corrected chi connectivity index (χ0v) is 28.8. The van der Waals surface area contributed by atoms with Crippen LogP contribution in [0.25, 0.3) is 0 Å². The number of phenols is 1. The maximum absolute atomic E-state index is 14.7. The number of methoxy groups -OCH3 is 2. The third kappa shape index (κ3) is 4.73. The van der Waals surface area contributed by atoms with Crippen molar-refractivity contribution in [3.63, 3.8) is 0 Å². The molecule has 262 valence electrons. The van der Waals surface area contributed by atoms with E-state index in [0.29, 0.717) is 39.4 Å². The topological polar surface area (TPSA) is 131 Å². The predicted octanol–water partition coefficient (Wildman–Crippen LogP) is 6.08. The lowest BCUT2D eigenvalue weighted by Gasteiger charge is -2.49. The average Bonchev–Trinajstić information content (AvgIpc) is 3.54. The molecule has 0 radical (unpaired) electrons. The molecule has 4 amide bonds. The third-order valence-corrected chi connectivity index (χ3v) is 11.6. The number of carbonyl (C=O) groups is 5. The Balaban J connectivity index is 1.21. The maximum atomic E-state index is 14.7. The zero-order valence-electron chi connectivity index (χ0n) is 28.8. The Morgan fingerprint density at radius 1 is 0.750 bits per heavy atom. The van der Waals surface area contributed by atoms with E-state index in [0.717, 1.165) is 0 Å². The first-order chi connectivity index (χ1) is 25.1. The number of nitrogens with zero attached hydrogens (tertiary/aromatic N) is 2. The molecule has 2 heterocycles. The lowest BCUT2D eigenvalue weighted by molar-refractivity contribution is -0.131. The van der Waals surface area contributed by atoms with Crippen molar-refractivity contribution in [1.29, 1.82) is 0 Å². The number of amides is 4. The number of para-hydroxylation sites is 1. The van der Waals surface area contributed by atoms with Gasteiger partial charge in [0.05, 0.1) is 48.8 Å². The highest BCUT2D eigenvalue weighted by atomic mass is 16.5. The average molecular weight is 697 g/mol. The Hall–Kier alpha value is -6.03. The number of rotatable bonds is 7. The normalized spacial score (nSPS) is 26.4. The summed E-state index contributed by atoms with van der Waals surface area (Å²) in [5.41, 5.74) is 1.39. The molecule has 8 rings (SSSR count). The minimum atomic E-state index is -1.37. The molecule has 2 aliphatic carbocycles. The summed E-state index contributed by atoms with van der Waals surface area (Å²) in [4.78, 5) is 73.2. The van der Waals surface area contributed by atoms with Gasteiger partial charge in [-0.15, -0.1) is 0 Å².